The Hall–Kier alpha value is -1.67. The van der Waals surface area contributed by atoms with Gasteiger partial charge in [-0.1, -0.05) is 6.92 Å². The van der Waals surface area contributed by atoms with Gasteiger partial charge in [0.15, 0.2) is 5.69 Å². The minimum atomic E-state index is 0.372. The quantitative estimate of drug-likeness (QED) is 0.802. The van der Waals surface area contributed by atoms with Gasteiger partial charge in [-0.05, 0) is 13.3 Å². The average Bonchev–Trinajstić information content (AvgIpc) is 2.47. The summed E-state index contributed by atoms with van der Waals surface area (Å²) in [5.74, 6) is 0.873. The third kappa shape index (κ3) is 2.77. The molecule has 0 saturated carbocycles. The van der Waals surface area contributed by atoms with E-state index in [1.807, 2.05) is 6.07 Å². The second kappa shape index (κ2) is 5.78. The van der Waals surface area contributed by atoms with E-state index in [0.717, 1.165) is 32.0 Å². The van der Waals surface area contributed by atoms with Crippen LogP contribution in [0.4, 0.5) is 5.82 Å². The number of nitrogens with zero attached hydrogens (tertiary/aromatic N) is 5. The Labute approximate surface area is 108 Å². The number of anilines is 1. The molecule has 5 nitrogen and oxygen atoms in total. The molecule has 1 unspecified atom stereocenters. The number of nitriles is 1. The Bertz CT molecular complexity index is 414. The monoisotopic (exact) mass is 245 g/mol. The molecular weight excluding hydrogens is 226 g/mol. The Kier molecular flexibility index (Phi) is 4.11. The first-order valence-corrected chi connectivity index (χ1v) is 6.45. The van der Waals surface area contributed by atoms with E-state index in [0.29, 0.717) is 11.7 Å². The number of piperazine rings is 1. The third-order valence-corrected chi connectivity index (χ3v) is 3.61. The molecular formula is C13H19N5. The Morgan fingerprint density at radius 2 is 2.00 bits per heavy atom. The summed E-state index contributed by atoms with van der Waals surface area (Å²) in [6, 6.07) is 2.64. The van der Waals surface area contributed by atoms with E-state index in [1.54, 1.807) is 6.20 Å². The first-order valence-electron chi connectivity index (χ1n) is 6.45. The van der Waals surface area contributed by atoms with Crippen LogP contribution in [0.5, 0.6) is 0 Å². The second-order valence-electron chi connectivity index (χ2n) is 4.65. The maximum atomic E-state index is 8.69. The fourth-order valence-electron chi connectivity index (χ4n) is 2.19. The van der Waals surface area contributed by atoms with Crippen LogP contribution in [-0.2, 0) is 0 Å². The maximum absolute atomic E-state index is 8.69. The summed E-state index contributed by atoms with van der Waals surface area (Å²) in [7, 11) is 0. The lowest BCUT2D eigenvalue weighted by molar-refractivity contribution is 0.192. The van der Waals surface area contributed by atoms with Crippen molar-refractivity contribution in [3.8, 4) is 6.07 Å². The molecule has 2 rings (SSSR count). The van der Waals surface area contributed by atoms with Crippen LogP contribution in [-0.4, -0.2) is 47.1 Å². The number of rotatable bonds is 3. The summed E-state index contributed by atoms with van der Waals surface area (Å²) in [6.07, 6.45) is 4.42. The zero-order valence-corrected chi connectivity index (χ0v) is 11.0. The third-order valence-electron chi connectivity index (χ3n) is 3.61. The summed E-state index contributed by atoms with van der Waals surface area (Å²) in [5, 5.41) is 8.69. The summed E-state index contributed by atoms with van der Waals surface area (Å²) >= 11 is 0. The SMILES string of the molecule is CCC(C)N1CCN(c2cnc(C#N)cn2)CC1. The van der Waals surface area contributed by atoms with E-state index in [4.69, 9.17) is 5.26 Å². The van der Waals surface area contributed by atoms with Crippen molar-refractivity contribution in [3.63, 3.8) is 0 Å². The molecule has 96 valence electrons. The summed E-state index contributed by atoms with van der Waals surface area (Å²) in [4.78, 5) is 13.1. The molecule has 1 aromatic heterocycles. The second-order valence-corrected chi connectivity index (χ2v) is 4.65. The molecule has 2 heterocycles. The molecule has 0 amide bonds. The topological polar surface area (TPSA) is 56.0 Å². The Morgan fingerprint density at radius 1 is 1.28 bits per heavy atom. The fraction of sp³-hybridized carbons (Fsp3) is 0.615. The standard InChI is InChI=1S/C13H19N5/c1-3-11(2)17-4-6-18(7-5-17)13-10-15-12(8-14)9-16-13/h9-11H,3-7H2,1-2H3. The van der Waals surface area contributed by atoms with Crippen molar-refractivity contribution in [2.24, 2.45) is 0 Å². The van der Waals surface area contributed by atoms with Crippen molar-refractivity contribution < 1.29 is 0 Å². The van der Waals surface area contributed by atoms with Crippen LogP contribution in [0.15, 0.2) is 12.4 Å². The van der Waals surface area contributed by atoms with Crippen LogP contribution in [0.1, 0.15) is 26.0 Å². The largest absolute Gasteiger partial charge is 0.353 e. The van der Waals surface area contributed by atoms with Crippen molar-refractivity contribution in [3.05, 3.63) is 18.1 Å². The van der Waals surface area contributed by atoms with E-state index in [2.05, 4.69) is 33.6 Å². The van der Waals surface area contributed by atoms with E-state index in [9.17, 15) is 0 Å². The molecule has 1 aliphatic rings. The van der Waals surface area contributed by atoms with Gasteiger partial charge in [0, 0.05) is 32.2 Å². The van der Waals surface area contributed by atoms with E-state index in [1.165, 1.54) is 12.6 Å². The van der Waals surface area contributed by atoms with Crippen molar-refractivity contribution >= 4 is 5.82 Å². The van der Waals surface area contributed by atoms with Crippen LogP contribution < -0.4 is 4.90 Å². The van der Waals surface area contributed by atoms with Gasteiger partial charge in [-0.15, -0.1) is 0 Å². The molecule has 0 spiro atoms. The molecule has 0 N–H and O–H groups in total. The Morgan fingerprint density at radius 3 is 2.50 bits per heavy atom. The van der Waals surface area contributed by atoms with Crippen molar-refractivity contribution in [1.82, 2.24) is 14.9 Å². The molecule has 18 heavy (non-hydrogen) atoms. The minimum absolute atomic E-state index is 0.372. The molecule has 1 atom stereocenters. The number of hydrogen-bond donors (Lipinski definition) is 0. The first-order chi connectivity index (χ1) is 8.74. The summed E-state index contributed by atoms with van der Waals surface area (Å²) in [6.45, 7) is 8.59. The van der Waals surface area contributed by atoms with E-state index < -0.39 is 0 Å². The molecule has 1 saturated heterocycles. The van der Waals surface area contributed by atoms with Gasteiger partial charge in [0.2, 0.25) is 0 Å². The van der Waals surface area contributed by atoms with Gasteiger partial charge in [-0.2, -0.15) is 5.26 Å². The fourth-order valence-corrected chi connectivity index (χ4v) is 2.19. The van der Waals surface area contributed by atoms with Crippen molar-refractivity contribution in [2.75, 3.05) is 31.1 Å². The highest BCUT2D eigenvalue weighted by Crippen LogP contribution is 2.14. The maximum Gasteiger partial charge on any atom is 0.158 e. The highest BCUT2D eigenvalue weighted by atomic mass is 15.3. The van der Waals surface area contributed by atoms with Gasteiger partial charge >= 0.3 is 0 Å². The van der Waals surface area contributed by atoms with Crippen LogP contribution in [0.2, 0.25) is 0 Å². The molecule has 0 aliphatic carbocycles. The van der Waals surface area contributed by atoms with Crippen molar-refractivity contribution in [1.29, 1.82) is 5.26 Å². The van der Waals surface area contributed by atoms with Gasteiger partial charge in [0.1, 0.15) is 11.9 Å². The lowest BCUT2D eigenvalue weighted by Gasteiger charge is -2.38. The molecule has 1 aromatic rings. The molecule has 0 bridgehead atoms. The van der Waals surface area contributed by atoms with E-state index >= 15 is 0 Å². The molecule has 0 radical (unpaired) electrons. The van der Waals surface area contributed by atoms with Gasteiger partial charge in [-0.25, -0.2) is 9.97 Å². The zero-order valence-electron chi connectivity index (χ0n) is 11.0. The van der Waals surface area contributed by atoms with Gasteiger partial charge in [-0.3, -0.25) is 4.90 Å². The van der Waals surface area contributed by atoms with Crippen LogP contribution >= 0.6 is 0 Å². The zero-order chi connectivity index (χ0) is 13.0. The van der Waals surface area contributed by atoms with Gasteiger partial charge < -0.3 is 4.90 Å². The Balaban J connectivity index is 1.95. The molecule has 5 heteroatoms. The molecule has 1 fully saturated rings. The van der Waals surface area contributed by atoms with Gasteiger partial charge in [0.25, 0.3) is 0 Å². The predicted molar refractivity (Wildman–Crippen MR) is 70.3 cm³/mol. The van der Waals surface area contributed by atoms with Crippen molar-refractivity contribution in [2.45, 2.75) is 26.3 Å². The molecule has 1 aliphatic heterocycles. The normalized spacial score (nSPS) is 18.4. The molecule has 0 aromatic carbocycles. The average molecular weight is 245 g/mol. The summed E-state index contributed by atoms with van der Waals surface area (Å²) < 4.78 is 0. The number of hydrogen-bond acceptors (Lipinski definition) is 5. The van der Waals surface area contributed by atoms with Gasteiger partial charge in [0.05, 0.1) is 12.4 Å². The van der Waals surface area contributed by atoms with Crippen LogP contribution in [0, 0.1) is 11.3 Å². The highest BCUT2D eigenvalue weighted by molar-refractivity contribution is 5.37. The first kappa shape index (κ1) is 12.8. The smallest absolute Gasteiger partial charge is 0.158 e. The highest BCUT2D eigenvalue weighted by Gasteiger charge is 2.20. The lowest BCUT2D eigenvalue weighted by atomic mass is 10.2. The van der Waals surface area contributed by atoms with E-state index in [-0.39, 0.29) is 0 Å². The van der Waals surface area contributed by atoms with Crippen LogP contribution in [0.3, 0.4) is 0 Å². The predicted octanol–water partition coefficient (Wildman–Crippen LogP) is 1.27. The minimum Gasteiger partial charge on any atom is -0.353 e. The lowest BCUT2D eigenvalue weighted by Crippen LogP contribution is -2.49. The van der Waals surface area contributed by atoms with Crippen LogP contribution in [0.25, 0.3) is 0 Å². The summed E-state index contributed by atoms with van der Waals surface area (Å²) in [5.41, 5.74) is 0.372. The number of aromatic nitrogens is 2.